The van der Waals surface area contributed by atoms with Gasteiger partial charge in [-0.15, -0.1) is 0 Å². The average Bonchev–Trinajstić information content (AvgIpc) is 3.45. The second-order valence-corrected chi connectivity index (χ2v) is 18.4. The second-order valence-electron chi connectivity index (χ2n) is 18.4. The third kappa shape index (κ3) is 7.80. The zero-order chi connectivity index (χ0) is 47.1. The van der Waals surface area contributed by atoms with Crippen LogP contribution >= 0.6 is 0 Å². The van der Waals surface area contributed by atoms with E-state index in [1.807, 2.05) is 0 Å². The van der Waals surface area contributed by atoms with E-state index in [9.17, 15) is 0 Å². The quantitative estimate of drug-likeness (QED) is 0.131. The highest BCUT2D eigenvalue weighted by Crippen LogP contribution is 2.46. The monoisotopic (exact) mass is 901 g/mol. The maximum atomic E-state index is 2.41. The molecule has 0 radical (unpaired) electrons. The van der Waals surface area contributed by atoms with Crippen LogP contribution < -0.4 is 4.90 Å². The molecule has 0 fully saturated rings. The first kappa shape index (κ1) is 41.9. The molecule has 0 aliphatic rings. The van der Waals surface area contributed by atoms with E-state index in [4.69, 9.17) is 0 Å². The fraction of sp³-hybridized carbons (Fsp3) is 0. The summed E-state index contributed by atoms with van der Waals surface area (Å²) < 4.78 is 0. The maximum Gasteiger partial charge on any atom is 0.0467 e. The van der Waals surface area contributed by atoms with Gasteiger partial charge in [0.15, 0.2) is 0 Å². The fourth-order valence-electron chi connectivity index (χ4n) is 10.7. The Kier molecular flexibility index (Phi) is 10.6. The summed E-state index contributed by atoms with van der Waals surface area (Å²) >= 11 is 0. The smallest absolute Gasteiger partial charge is 0.0467 e. The predicted octanol–water partition coefficient (Wildman–Crippen LogP) is 19.8. The van der Waals surface area contributed by atoms with Crippen molar-refractivity contribution in [3.8, 4) is 66.8 Å². The summed E-state index contributed by atoms with van der Waals surface area (Å²) in [6.07, 6.45) is 0. The molecule has 0 aromatic heterocycles. The number of fused-ring (bicyclic) bond motifs is 5. The third-order valence-electron chi connectivity index (χ3n) is 14.2. The van der Waals surface area contributed by atoms with E-state index in [0.717, 1.165) is 22.6 Å². The lowest BCUT2D eigenvalue weighted by atomic mass is 9.84. The van der Waals surface area contributed by atoms with Crippen molar-refractivity contribution in [2.24, 2.45) is 0 Å². The number of nitrogens with zero attached hydrogens (tertiary/aromatic N) is 1. The van der Waals surface area contributed by atoms with Crippen LogP contribution in [0.2, 0.25) is 0 Å². The molecule has 13 rings (SSSR count). The molecule has 0 bridgehead atoms. The normalized spacial score (nSPS) is 11.4. The second kappa shape index (κ2) is 18.0. The SMILES string of the molecule is c1ccc(-c2c(-c3ccccc3)c3cc(-c4ccc(N(c5ccc(-c6ccc(-c7ccc8ccccc8c7)cc6)cc5)c5cccc(-c6cccc7ccccc67)c5)cc4)ccc3c3ccccc23)cc1. The zero-order valence-electron chi connectivity index (χ0n) is 39.1. The number of rotatable bonds is 9. The van der Waals surface area contributed by atoms with Crippen LogP contribution in [-0.2, 0) is 0 Å². The summed E-state index contributed by atoms with van der Waals surface area (Å²) in [4.78, 5) is 2.39. The van der Waals surface area contributed by atoms with Gasteiger partial charge in [0, 0.05) is 17.1 Å². The first-order valence-electron chi connectivity index (χ1n) is 24.5. The number of benzene rings is 13. The Morgan fingerprint density at radius 3 is 1.28 bits per heavy atom. The zero-order valence-corrected chi connectivity index (χ0v) is 39.1. The van der Waals surface area contributed by atoms with Gasteiger partial charge < -0.3 is 4.90 Å². The lowest BCUT2D eigenvalue weighted by molar-refractivity contribution is 1.28. The van der Waals surface area contributed by atoms with Crippen molar-refractivity contribution in [2.75, 3.05) is 4.90 Å². The lowest BCUT2D eigenvalue weighted by Gasteiger charge is -2.26. The Hall–Kier alpha value is -9.30. The molecular formula is C70H47N. The molecule has 0 saturated heterocycles. The van der Waals surface area contributed by atoms with E-state index < -0.39 is 0 Å². The third-order valence-corrected chi connectivity index (χ3v) is 14.2. The molecule has 0 amide bonds. The molecule has 13 aromatic rings. The summed E-state index contributed by atoms with van der Waals surface area (Å²) in [6.45, 7) is 0. The topological polar surface area (TPSA) is 3.24 Å². The molecule has 0 atom stereocenters. The minimum atomic E-state index is 1.08. The van der Waals surface area contributed by atoms with Crippen molar-refractivity contribution in [3.63, 3.8) is 0 Å². The average molecular weight is 902 g/mol. The van der Waals surface area contributed by atoms with E-state index in [0.29, 0.717) is 0 Å². The van der Waals surface area contributed by atoms with Gasteiger partial charge in [0.05, 0.1) is 0 Å². The summed E-state index contributed by atoms with van der Waals surface area (Å²) in [7, 11) is 0. The van der Waals surface area contributed by atoms with Gasteiger partial charge in [-0.05, 0) is 158 Å². The van der Waals surface area contributed by atoms with Gasteiger partial charge in [0.1, 0.15) is 0 Å². The van der Waals surface area contributed by atoms with Gasteiger partial charge in [-0.25, -0.2) is 0 Å². The predicted molar refractivity (Wildman–Crippen MR) is 304 cm³/mol. The summed E-state index contributed by atoms with van der Waals surface area (Å²) in [5, 5.41) is 10.00. The summed E-state index contributed by atoms with van der Waals surface area (Å²) in [5.74, 6) is 0. The van der Waals surface area contributed by atoms with Crippen LogP contribution in [0.1, 0.15) is 0 Å². The van der Waals surface area contributed by atoms with Gasteiger partial charge in [-0.2, -0.15) is 0 Å². The molecular weight excluding hydrogens is 855 g/mol. The van der Waals surface area contributed by atoms with Crippen LogP contribution in [0.3, 0.4) is 0 Å². The van der Waals surface area contributed by atoms with Gasteiger partial charge in [0.2, 0.25) is 0 Å². The first-order valence-corrected chi connectivity index (χ1v) is 24.5. The van der Waals surface area contributed by atoms with E-state index in [1.54, 1.807) is 0 Å². The van der Waals surface area contributed by atoms with Crippen molar-refractivity contribution in [1.82, 2.24) is 0 Å². The highest BCUT2D eigenvalue weighted by atomic mass is 15.1. The molecule has 0 saturated carbocycles. The van der Waals surface area contributed by atoms with E-state index in [1.165, 1.54) is 104 Å². The molecule has 0 N–H and O–H groups in total. The maximum absolute atomic E-state index is 2.41. The Bertz CT molecular complexity index is 4060. The first-order chi connectivity index (χ1) is 35.2. The minimum absolute atomic E-state index is 1.08. The van der Waals surface area contributed by atoms with Crippen LogP contribution in [0.25, 0.3) is 110 Å². The molecule has 0 aliphatic carbocycles. The standard InChI is InChI=1S/C70H47N/c1-3-17-54(18-4-1)69-67-27-12-11-26-65(67)66-44-39-58(47-68(66)70(69)55-19-5-2-6-20-55)52-37-42-61(43-38-52)71(62-24-13-23-59(46-62)64-28-14-22-53-16-9-10-25-63(53)64)60-40-35-50(36-41-60)49-29-31-51(32-30-49)57-34-33-48-15-7-8-21-56(48)45-57/h1-47H. The Labute approximate surface area is 414 Å². The molecule has 0 aliphatic heterocycles. The van der Waals surface area contributed by atoms with Crippen LogP contribution in [0.15, 0.2) is 285 Å². The molecule has 0 unspecified atom stereocenters. The van der Waals surface area contributed by atoms with Crippen molar-refractivity contribution in [3.05, 3.63) is 285 Å². The van der Waals surface area contributed by atoms with E-state index >= 15 is 0 Å². The van der Waals surface area contributed by atoms with Crippen molar-refractivity contribution in [1.29, 1.82) is 0 Å². The van der Waals surface area contributed by atoms with Crippen LogP contribution in [0.5, 0.6) is 0 Å². The summed E-state index contributed by atoms with van der Waals surface area (Å²) in [6, 6.07) is 104. The highest BCUT2D eigenvalue weighted by Gasteiger charge is 2.19. The minimum Gasteiger partial charge on any atom is -0.310 e. The number of anilines is 3. The van der Waals surface area contributed by atoms with Gasteiger partial charge in [-0.3, -0.25) is 0 Å². The molecule has 71 heavy (non-hydrogen) atoms. The summed E-state index contributed by atoms with van der Waals surface area (Å²) in [5.41, 5.74) is 17.7. The van der Waals surface area contributed by atoms with E-state index in [-0.39, 0.29) is 0 Å². The molecule has 0 heterocycles. The molecule has 0 spiro atoms. The van der Waals surface area contributed by atoms with Gasteiger partial charge >= 0.3 is 0 Å². The lowest BCUT2D eigenvalue weighted by Crippen LogP contribution is -2.10. The van der Waals surface area contributed by atoms with Crippen LogP contribution in [0.4, 0.5) is 17.1 Å². The van der Waals surface area contributed by atoms with Crippen molar-refractivity contribution in [2.45, 2.75) is 0 Å². The van der Waals surface area contributed by atoms with E-state index in [2.05, 4.69) is 290 Å². The largest absolute Gasteiger partial charge is 0.310 e. The molecule has 1 nitrogen and oxygen atoms in total. The Morgan fingerprint density at radius 2 is 0.620 bits per heavy atom. The molecule has 1 heteroatoms. The van der Waals surface area contributed by atoms with Crippen LogP contribution in [-0.4, -0.2) is 0 Å². The fourth-order valence-corrected chi connectivity index (χ4v) is 10.7. The van der Waals surface area contributed by atoms with Crippen molar-refractivity contribution >= 4 is 60.2 Å². The number of hydrogen-bond acceptors (Lipinski definition) is 1. The molecule has 332 valence electrons. The molecule has 13 aromatic carbocycles. The highest BCUT2D eigenvalue weighted by molar-refractivity contribution is 6.22. The van der Waals surface area contributed by atoms with Crippen molar-refractivity contribution < 1.29 is 0 Å². The Balaban J connectivity index is 0.901. The Morgan fingerprint density at radius 1 is 0.183 bits per heavy atom. The van der Waals surface area contributed by atoms with Crippen LogP contribution in [0, 0.1) is 0 Å². The number of hydrogen-bond donors (Lipinski definition) is 0. The van der Waals surface area contributed by atoms with Gasteiger partial charge in [-0.1, -0.05) is 237 Å². The van der Waals surface area contributed by atoms with Gasteiger partial charge in [0.25, 0.3) is 0 Å².